The number of ether oxygens (including phenoxy) is 2. The minimum Gasteiger partial charge on any atom is -0.484 e. The highest BCUT2D eigenvalue weighted by Gasteiger charge is 2.34. The number of nitrogens with zero attached hydrogens (tertiary/aromatic N) is 2. The average Bonchev–Trinajstić information content (AvgIpc) is 3.07. The van der Waals surface area contributed by atoms with Gasteiger partial charge in [0.15, 0.2) is 6.61 Å². The molecule has 8 heteroatoms. The van der Waals surface area contributed by atoms with Crippen molar-refractivity contribution in [1.29, 1.82) is 0 Å². The lowest BCUT2D eigenvalue weighted by Gasteiger charge is -2.26. The van der Waals surface area contributed by atoms with Gasteiger partial charge in [0.05, 0.1) is 24.7 Å². The van der Waals surface area contributed by atoms with Gasteiger partial charge >= 0.3 is 0 Å². The second-order valence-corrected chi connectivity index (χ2v) is 8.60. The van der Waals surface area contributed by atoms with Gasteiger partial charge in [0.25, 0.3) is 17.1 Å². The molecule has 2 heterocycles. The van der Waals surface area contributed by atoms with Crippen LogP contribution in [-0.2, 0) is 20.9 Å². The third kappa shape index (κ3) is 5.38. The molecular weight excluding hydrogens is 428 g/mol. The fraction of sp³-hybridized carbons (Fsp3) is 0.292. The standard InChI is InChI=1S/C24H24N2O5S/c1-17-2-4-19(5-3-17)15-26-23(28)21(32-24(26)29)14-18-6-8-20(9-7-18)31-16-22(27)25-10-12-30-13-11-25/h2-9,14H,10-13,15-16H2,1H3/b21-14-. The van der Waals surface area contributed by atoms with Crippen molar-refractivity contribution >= 4 is 34.9 Å². The Kier molecular flexibility index (Phi) is 6.92. The summed E-state index contributed by atoms with van der Waals surface area (Å²) in [4.78, 5) is 40.6. The summed E-state index contributed by atoms with van der Waals surface area (Å²) < 4.78 is 10.8. The van der Waals surface area contributed by atoms with Crippen LogP contribution in [0.1, 0.15) is 16.7 Å². The van der Waals surface area contributed by atoms with Crippen molar-refractivity contribution in [3.63, 3.8) is 0 Å². The van der Waals surface area contributed by atoms with Crippen molar-refractivity contribution in [1.82, 2.24) is 9.80 Å². The second-order valence-electron chi connectivity index (χ2n) is 7.60. The highest BCUT2D eigenvalue weighted by Crippen LogP contribution is 2.33. The van der Waals surface area contributed by atoms with Gasteiger partial charge in [0, 0.05) is 13.1 Å². The molecule has 2 aromatic rings. The number of rotatable bonds is 6. The normalized spacial score (nSPS) is 17.8. The number of aryl methyl sites for hydroxylation is 1. The highest BCUT2D eigenvalue weighted by atomic mass is 32.2. The summed E-state index contributed by atoms with van der Waals surface area (Å²) in [6, 6.07) is 14.8. The Bertz CT molecular complexity index is 1030. The monoisotopic (exact) mass is 452 g/mol. The quantitative estimate of drug-likeness (QED) is 0.625. The van der Waals surface area contributed by atoms with Crippen LogP contribution < -0.4 is 4.74 Å². The van der Waals surface area contributed by atoms with Crippen LogP contribution in [0, 0.1) is 6.92 Å². The summed E-state index contributed by atoms with van der Waals surface area (Å²) in [6.07, 6.45) is 1.70. The number of carbonyl (C=O) groups excluding carboxylic acids is 3. The first kappa shape index (κ1) is 22.1. The summed E-state index contributed by atoms with van der Waals surface area (Å²) in [7, 11) is 0. The number of imide groups is 1. The number of hydrogen-bond donors (Lipinski definition) is 0. The number of benzene rings is 2. The Morgan fingerprint density at radius 3 is 2.44 bits per heavy atom. The molecule has 0 bridgehead atoms. The Balaban J connectivity index is 1.35. The van der Waals surface area contributed by atoms with Crippen molar-refractivity contribution in [2.24, 2.45) is 0 Å². The van der Waals surface area contributed by atoms with E-state index in [0.29, 0.717) is 37.0 Å². The zero-order chi connectivity index (χ0) is 22.5. The summed E-state index contributed by atoms with van der Waals surface area (Å²) in [5.41, 5.74) is 2.81. The number of amides is 3. The predicted octanol–water partition coefficient (Wildman–Crippen LogP) is 3.47. The molecule has 0 saturated carbocycles. The number of morpholine rings is 1. The molecule has 0 N–H and O–H groups in total. The molecule has 0 aromatic heterocycles. The first-order chi connectivity index (χ1) is 15.5. The Morgan fingerprint density at radius 1 is 1.06 bits per heavy atom. The van der Waals surface area contributed by atoms with Gasteiger partial charge in [-0.25, -0.2) is 0 Å². The van der Waals surface area contributed by atoms with Gasteiger partial charge in [-0.15, -0.1) is 0 Å². The lowest BCUT2D eigenvalue weighted by molar-refractivity contribution is -0.137. The Morgan fingerprint density at radius 2 is 1.75 bits per heavy atom. The van der Waals surface area contributed by atoms with Crippen LogP contribution in [0.25, 0.3) is 6.08 Å². The summed E-state index contributed by atoms with van der Waals surface area (Å²) >= 11 is 0.940. The molecule has 32 heavy (non-hydrogen) atoms. The van der Waals surface area contributed by atoms with Crippen molar-refractivity contribution < 1.29 is 23.9 Å². The molecule has 0 atom stereocenters. The molecule has 3 amide bonds. The lowest BCUT2D eigenvalue weighted by Crippen LogP contribution is -2.42. The highest BCUT2D eigenvalue weighted by molar-refractivity contribution is 8.18. The van der Waals surface area contributed by atoms with Crippen molar-refractivity contribution in [2.75, 3.05) is 32.9 Å². The fourth-order valence-corrected chi connectivity index (χ4v) is 4.21. The van der Waals surface area contributed by atoms with Crippen LogP contribution in [0.4, 0.5) is 4.79 Å². The zero-order valence-corrected chi connectivity index (χ0v) is 18.6. The Labute approximate surface area is 191 Å². The SMILES string of the molecule is Cc1ccc(CN2C(=O)S/C(=C\c3ccc(OCC(=O)N4CCOCC4)cc3)C2=O)cc1. The molecule has 0 aliphatic carbocycles. The van der Waals surface area contributed by atoms with E-state index in [4.69, 9.17) is 9.47 Å². The van der Waals surface area contributed by atoms with Crippen LogP contribution in [-0.4, -0.2) is 59.8 Å². The number of hydrogen-bond acceptors (Lipinski definition) is 6. The molecule has 2 saturated heterocycles. The van der Waals surface area contributed by atoms with Gasteiger partial charge in [-0.2, -0.15) is 0 Å². The summed E-state index contributed by atoms with van der Waals surface area (Å²) in [5.74, 6) is 0.202. The van der Waals surface area contributed by atoms with Gasteiger partial charge < -0.3 is 14.4 Å². The van der Waals surface area contributed by atoms with Crippen molar-refractivity contribution in [3.05, 3.63) is 70.1 Å². The molecule has 2 aromatic carbocycles. The fourth-order valence-electron chi connectivity index (χ4n) is 3.37. The van der Waals surface area contributed by atoms with E-state index in [1.165, 1.54) is 4.90 Å². The van der Waals surface area contributed by atoms with E-state index in [1.54, 1.807) is 35.2 Å². The molecule has 2 aliphatic rings. The van der Waals surface area contributed by atoms with Crippen LogP contribution in [0.15, 0.2) is 53.4 Å². The van der Waals surface area contributed by atoms with Gasteiger partial charge in [-0.1, -0.05) is 42.0 Å². The van der Waals surface area contributed by atoms with E-state index in [1.807, 2.05) is 31.2 Å². The van der Waals surface area contributed by atoms with Crippen molar-refractivity contribution in [2.45, 2.75) is 13.5 Å². The minimum absolute atomic E-state index is 0.0305. The van der Waals surface area contributed by atoms with E-state index < -0.39 is 0 Å². The zero-order valence-electron chi connectivity index (χ0n) is 17.8. The molecular formula is C24H24N2O5S. The van der Waals surface area contributed by atoms with Crippen LogP contribution in [0.5, 0.6) is 5.75 Å². The van der Waals surface area contributed by atoms with Gasteiger partial charge in [-0.3, -0.25) is 19.3 Å². The predicted molar refractivity (Wildman–Crippen MR) is 122 cm³/mol. The Hall–Kier alpha value is -3.10. The number of thioether (sulfide) groups is 1. The third-order valence-electron chi connectivity index (χ3n) is 5.24. The smallest absolute Gasteiger partial charge is 0.293 e. The maximum Gasteiger partial charge on any atom is 0.293 e. The first-order valence-corrected chi connectivity index (χ1v) is 11.2. The van der Waals surface area contributed by atoms with Gasteiger partial charge in [0.1, 0.15) is 5.75 Å². The summed E-state index contributed by atoms with van der Waals surface area (Å²) in [5, 5.41) is -0.275. The van der Waals surface area contributed by atoms with E-state index >= 15 is 0 Å². The molecule has 166 valence electrons. The molecule has 2 fully saturated rings. The minimum atomic E-state index is -0.294. The van der Waals surface area contributed by atoms with Crippen LogP contribution >= 0.6 is 11.8 Å². The topological polar surface area (TPSA) is 76.2 Å². The second kappa shape index (κ2) is 10.0. The molecule has 4 rings (SSSR count). The lowest BCUT2D eigenvalue weighted by atomic mass is 10.1. The molecule has 0 radical (unpaired) electrons. The van der Waals surface area contributed by atoms with E-state index in [0.717, 1.165) is 28.5 Å². The molecule has 2 aliphatic heterocycles. The van der Waals surface area contributed by atoms with Gasteiger partial charge in [0.2, 0.25) is 0 Å². The van der Waals surface area contributed by atoms with Crippen molar-refractivity contribution in [3.8, 4) is 5.75 Å². The van der Waals surface area contributed by atoms with Gasteiger partial charge in [-0.05, 0) is 48.0 Å². The third-order valence-corrected chi connectivity index (χ3v) is 6.15. The van der Waals surface area contributed by atoms with Crippen LogP contribution in [0.2, 0.25) is 0 Å². The maximum absolute atomic E-state index is 12.7. The first-order valence-electron chi connectivity index (χ1n) is 10.4. The summed E-state index contributed by atoms with van der Waals surface area (Å²) in [6.45, 7) is 4.49. The van der Waals surface area contributed by atoms with E-state index in [2.05, 4.69) is 0 Å². The van der Waals surface area contributed by atoms with E-state index in [-0.39, 0.29) is 30.2 Å². The maximum atomic E-state index is 12.7. The molecule has 7 nitrogen and oxygen atoms in total. The largest absolute Gasteiger partial charge is 0.484 e. The molecule has 0 unspecified atom stereocenters. The average molecular weight is 453 g/mol. The van der Waals surface area contributed by atoms with E-state index in [9.17, 15) is 14.4 Å². The van der Waals surface area contributed by atoms with Crippen LogP contribution in [0.3, 0.4) is 0 Å². The molecule has 0 spiro atoms. The number of carbonyl (C=O) groups is 3.